The fraction of sp³-hybridized carbons (Fsp3) is 0.231. The Morgan fingerprint density at radius 2 is 2.00 bits per heavy atom. The minimum atomic E-state index is -0.112. The smallest absolute Gasteiger partial charge is 0.200 e. The molecule has 0 spiro atoms. The third-order valence-electron chi connectivity index (χ3n) is 2.97. The lowest BCUT2D eigenvalue weighted by molar-refractivity contribution is 0.273. The van der Waals surface area contributed by atoms with E-state index in [2.05, 4.69) is 25.9 Å². The van der Waals surface area contributed by atoms with Crippen molar-refractivity contribution in [2.75, 3.05) is 11.9 Å². The summed E-state index contributed by atoms with van der Waals surface area (Å²) in [4.78, 5) is 0. The third-order valence-corrected chi connectivity index (χ3v) is 2.97. The van der Waals surface area contributed by atoms with Gasteiger partial charge in [-0.2, -0.15) is 0 Å². The summed E-state index contributed by atoms with van der Waals surface area (Å²) >= 11 is 0. The van der Waals surface area contributed by atoms with Crippen LogP contribution in [0.1, 0.15) is 5.56 Å². The van der Waals surface area contributed by atoms with Gasteiger partial charge in [-0.1, -0.05) is 30.3 Å². The van der Waals surface area contributed by atoms with Gasteiger partial charge in [0.25, 0.3) is 0 Å². The second-order valence-electron chi connectivity index (χ2n) is 4.46. The van der Waals surface area contributed by atoms with Gasteiger partial charge >= 0.3 is 0 Å². The van der Waals surface area contributed by atoms with Gasteiger partial charge in [-0.05, 0) is 34.5 Å². The molecule has 7 nitrogen and oxygen atoms in total. The largest absolute Gasteiger partial charge is 0.394 e. The SMILES string of the molecule is OCC(Cc1ccccc1)Nc1ccc2nnnn2n1. The Balaban J connectivity index is 1.73. The zero-order chi connectivity index (χ0) is 13.8. The van der Waals surface area contributed by atoms with Crippen molar-refractivity contribution in [1.29, 1.82) is 0 Å². The fourth-order valence-corrected chi connectivity index (χ4v) is 2.00. The van der Waals surface area contributed by atoms with E-state index in [0.29, 0.717) is 17.9 Å². The molecule has 2 N–H and O–H groups in total. The summed E-state index contributed by atoms with van der Waals surface area (Å²) in [5.41, 5.74) is 1.74. The van der Waals surface area contributed by atoms with Crippen molar-refractivity contribution < 1.29 is 5.11 Å². The van der Waals surface area contributed by atoms with Crippen molar-refractivity contribution in [2.24, 2.45) is 0 Å². The first-order valence-corrected chi connectivity index (χ1v) is 6.32. The van der Waals surface area contributed by atoms with Gasteiger partial charge in [-0.25, -0.2) is 0 Å². The highest BCUT2D eigenvalue weighted by molar-refractivity contribution is 5.42. The number of nitrogens with one attached hydrogen (secondary N) is 1. The average Bonchev–Trinajstić information content (AvgIpc) is 2.95. The number of hydrogen-bond acceptors (Lipinski definition) is 6. The lowest BCUT2D eigenvalue weighted by Crippen LogP contribution is -2.27. The van der Waals surface area contributed by atoms with Crippen LogP contribution in [0.3, 0.4) is 0 Å². The molecule has 0 aliphatic heterocycles. The first-order chi connectivity index (χ1) is 9.85. The second-order valence-corrected chi connectivity index (χ2v) is 4.46. The minimum Gasteiger partial charge on any atom is -0.394 e. The molecule has 3 aromatic rings. The molecule has 0 amide bonds. The van der Waals surface area contributed by atoms with Crippen LogP contribution in [0.4, 0.5) is 5.82 Å². The van der Waals surface area contributed by atoms with E-state index in [1.807, 2.05) is 30.3 Å². The molecule has 1 unspecified atom stereocenters. The second kappa shape index (κ2) is 5.62. The normalized spacial score (nSPS) is 12.4. The van der Waals surface area contributed by atoms with Crippen LogP contribution in [0.15, 0.2) is 42.5 Å². The summed E-state index contributed by atoms with van der Waals surface area (Å²) < 4.78 is 1.35. The first kappa shape index (κ1) is 12.5. The molecule has 0 aliphatic carbocycles. The quantitative estimate of drug-likeness (QED) is 0.703. The van der Waals surface area contributed by atoms with Gasteiger partial charge in [0, 0.05) is 0 Å². The van der Waals surface area contributed by atoms with E-state index in [0.717, 1.165) is 5.56 Å². The van der Waals surface area contributed by atoms with Crippen LogP contribution >= 0.6 is 0 Å². The van der Waals surface area contributed by atoms with Crippen LogP contribution in [-0.4, -0.2) is 43.0 Å². The van der Waals surface area contributed by atoms with Gasteiger partial charge in [-0.3, -0.25) is 0 Å². The third kappa shape index (κ3) is 2.72. The highest BCUT2D eigenvalue weighted by Gasteiger charge is 2.10. The van der Waals surface area contributed by atoms with E-state index < -0.39 is 0 Å². The Bertz CT molecular complexity index is 683. The van der Waals surface area contributed by atoms with Crippen molar-refractivity contribution in [3.63, 3.8) is 0 Å². The van der Waals surface area contributed by atoms with Gasteiger partial charge in [-0.15, -0.1) is 14.8 Å². The summed E-state index contributed by atoms with van der Waals surface area (Å²) in [7, 11) is 0. The Morgan fingerprint density at radius 1 is 1.15 bits per heavy atom. The van der Waals surface area contributed by atoms with Gasteiger partial charge in [0.05, 0.1) is 12.6 Å². The molecule has 0 radical (unpaired) electrons. The van der Waals surface area contributed by atoms with E-state index in [1.165, 1.54) is 4.63 Å². The lowest BCUT2D eigenvalue weighted by atomic mass is 10.1. The predicted octanol–water partition coefficient (Wildman–Crippen LogP) is 0.535. The number of anilines is 1. The molecule has 0 saturated heterocycles. The minimum absolute atomic E-state index is 0.0181. The Hall–Kier alpha value is -2.54. The molecule has 102 valence electrons. The summed E-state index contributed by atoms with van der Waals surface area (Å²) in [5.74, 6) is 0.625. The first-order valence-electron chi connectivity index (χ1n) is 6.32. The molecule has 3 rings (SSSR count). The van der Waals surface area contributed by atoms with Crippen molar-refractivity contribution in [3.8, 4) is 0 Å². The van der Waals surface area contributed by atoms with E-state index in [-0.39, 0.29) is 12.6 Å². The van der Waals surface area contributed by atoms with E-state index in [1.54, 1.807) is 12.1 Å². The highest BCUT2D eigenvalue weighted by atomic mass is 16.3. The van der Waals surface area contributed by atoms with E-state index in [4.69, 9.17) is 0 Å². The predicted molar refractivity (Wildman–Crippen MR) is 73.2 cm³/mol. The van der Waals surface area contributed by atoms with Crippen LogP contribution < -0.4 is 5.32 Å². The number of rotatable bonds is 5. The number of hydrogen-bond donors (Lipinski definition) is 2. The molecule has 20 heavy (non-hydrogen) atoms. The van der Waals surface area contributed by atoms with Crippen molar-refractivity contribution >= 4 is 11.5 Å². The van der Waals surface area contributed by atoms with Crippen molar-refractivity contribution in [2.45, 2.75) is 12.5 Å². The maximum Gasteiger partial charge on any atom is 0.200 e. The monoisotopic (exact) mass is 270 g/mol. The number of nitrogens with zero attached hydrogens (tertiary/aromatic N) is 5. The maximum absolute atomic E-state index is 9.48. The van der Waals surface area contributed by atoms with E-state index in [9.17, 15) is 5.11 Å². The molecule has 1 aromatic carbocycles. The molecule has 0 fully saturated rings. The number of tetrazole rings is 1. The Kier molecular flexibility index (Phi) is 3.51. The number of aliphatic hydroxyl groups is 1. The van der Waals surface area contributed by atoms with E-state index >= 15 is 0 Å². The average molecular weight is 270 g/mol. The zero-order valence-electron chi connectivity index (χ0n) is 10.7. The van der Waals surface area contributed by atoms with Crippen LogP contribution in [-0.2, 0) is 6.42 Å². The molecule has 0 aliphatic rings. The Labute approximate surface area is 115 Å². The molecule has 0 bridgehead atoms. The Morgan fingerprint density at radius 3 is 2.80 bits per heavy atom. The molecule has 2 aromatic heterocycles. The summed E-state index contributed by atoms with van der Waals surface area (Å²) in [6.07, 6.45) is 0.715. The molecule has 7 heteroatoms. The molecule has 2 heterocycles. The topological polar surface area (TPSA) is 88.2 Å². The summed E-state index contributed by atoms with van der Waals surface area (Å²) in [5, 5.41) is 27.9. The number of fused-ring (bicyclic) bond motifs is 1. The van der Waals surface area contributed by atoms with Gasteiger partial charge in [0.2, 0.25) is 0 Å². The van der Waals surface area contributed by atoms with Gasteiger partial charge in [0.15, 0.2) is 5.65 Å². The lowest BCUT2D eigenvalue weighted by Gasteiger charge is -2.16. The fourth-order valence-electron chi connectivity index (χ4n) is 2.00. The standard InChI is InChI=1S/C13H14N6O/c20-9-11(8-10-4-2-1-3-5-10)14-12-6-7-13-15-17-18-19(13)16-12/h1-7,11,20H,8-9H2,(H,14,16). The van der Waals surface area contributed by atoms with Gasteiger partial charge in [0.1, 0.15) is 5.82 Å². The van der Waals surface area contributed by atoms with Crippen molar-refractivity contribution in [3.05, 3.63) is 48.0 Å². The van der Waals surface area contributed by atoms with Crippen LogP contribution in [0.5, 0.6) is 0 Å². The molecular formula is C13H14N6O. The van der Waals surface area contributed by atoms with Crippen molar-refractivity contribution in [1.82, 2.24) is 25.3 Å². The summed E-state index contributed by atoms with van der Waals surface area (Å²) in [6.45, 7) is 0.0181. The molecule has 1 atom stereocenters. The zero-order valence-corrected chi connectivity index (χ0v) is 10.7. The number of benzene rings is 1. The number of aliphatic hydroxyl groups excluding tert-OH is 1. The van der Waals surface area contributed by atoms with Crippen LogP contribution in [0.25, 0.3) is 5.65 Å². The van der Waals surface area contributed by atoms with Crippen LogP contribution in [0.2, 0.25) is 0 Å². The summed E-state index contributed by atoms with van der Waals surface area (Å²) in [6, 6.07) is 13.4. The maximum atomic E-state index is 9.48. The van der Waals surface area contributed by atoms with Crippen LogP contribution in [0, 0.1) is 0 Å². The number of aromatic nitrogens is 5. The molecular weight excluding hydrogens is 256 g/mol. The van der Waals surface area contributed by atoms with Gasteiger partial charge < -0.3 is 10.4 Å². The highest BCUT2D eigenvalue weighted by Crippen LogP contribution is 2.09. The molecule has 0 saturated carbocycles.